The van der Waals surface area contributed by atoms with Crippen molar-refractivity contribution in [3.8, 4) is 5.75 Å². The number of carbonyl (C=O) groups excluding carboxylic acids is 1. The third-order valence-electron chi connectivity index (χ3n) is 3.30. The quantitative estimate of drug-likeness (QED) is 0.872. The van der Waals surface area contributed by atoms with Crippen molar-refractivity contribution in [2.24, 2.45) is 0 Å². The monoisotopic (exact) mass is 298 g/mol. The smallest absolute Gasteiger partial charge is 0.250 e. The van der Waals surface area contributed by atoms with E-state index in [1.165, 1.54) is 7.11 Å². The number of aryl methyl sites for hydroxylation is 1. The van der Waals surface area contributed by atoms with Gasteiger partial charge in [0.25, 0.3) is 5.91 Å². The van der Waals surface area contributed by atoms with E-state index < -0.39 is 0 Å². The van der Waals surface area contributed by atoms with Gasteiger partial charge < -0.3 is 20.1 Å². The molecule has 0 spiro atoms. The Morgan fingerprint density at radius 2 is 2.20 bits per heavy atom. The van der Waals surface area contributed by atoms with Crippen LogP contribution in [0.5, 0.6) is 5.75 Å². The normalized spacial score (nSPS) is 16.4. The van der Waals surface area contributed by atoms with E-state index in [-0.39, 0.29) is 18.1 Å². The van der Waals surface area contributed by atoms with Crippen molar-refractivity contribution in [1.82, 2.24) is 5.32 Å². The second kappa shape index (κ2) is 5.99. The van der Waals surface area contributed by atoms with Crippen LogP contribution in [0.15, 0.2) is 12.1 Å². The summed E-state index contributed by atoms with van der Waals surface area (Å²) in [5.41, 5.74) is 1.23. The minimum atomic E-state index is -0.239. The molecule has 1 heterocycles. The van der Waals surface area contributed by atoms with Crippen molar-refractivity contribution in [2.45, 2.75) is 19.4 Å². The molecule has 1 aliphatic rings. The van der Waals surface area contributed by atoms with Crippen LogP contribution < -0.4 is 15.4 Å². The standard InChI is InChI=1S/C14H19ClN2O3/c1-9-4-11(12(19-3)5-10(9)15)17-13(18)6-20-14(2)7-16-8-14/h4-5,16H,6-8H2,1-3H3,(H,17,18). The second-order valence-corrected chi connectivity index (χ2v) is 5.60. The topological polar surface area (TPSA) is 59.6 Å². The predicted octanol–water partition coefficient (Wildman–Crippen LogP) is 1.97. The van der Waals surface area contributed by atoms with E-state index in [1.54, 1.807) is 12.1 Å². The Morgan fingerprint density at radius 3 is 2.75 bits per heavy atom. The van der Waals surface area contributed by atoms with Gasteiger partial charge in [-0.1, -0.05) is 11.6 Å². The van der Waals surface area contributed by atoms with Crippen LogP contribution in [0.4, 0.5) is 5.69 Å². The van der Waals surface area contributed by atoms with Crippen molar-refractivity contribution in [3.05, 3.63) is 22.7 Å². The molecule has 110 valence electrons. The molecule has 1 fully saturated rings. The first-order valence-electron chi connectivity index (χ1n) is 6.42. The number of hydrogen-bond donors (Lipinski definition) is 2. The molecule has 1 aromatic carbocycles. The molecule has 2 N–H and O–H groups in total. The summed E-state index contributed by atoms with van der Waals surface area (Å²) in [6.45, 7) is 5.40. The molecule has 0 bridgehead atoms. The van der Waals surface area contributed by atoms with Crippen molar-refractivity contribution in [2.75, 3.05) is 32.1 Å². The van der Waals surface area contributed by atoms with Crippen LogP contribution in [-0.2, 0) is 9.53 Å². The molecule has 6 heteroatoms. The molecule has 0 unspecified atom stereocenters. The van der Waals surface area contributed by atoms with Gasteiger partial charge in [-0.2, -0.15) is 0 Å². The zero-order valence-corrected chi connectivity index (χ0v) is 12.6. The lowest BCUT2D eigenvalue weighted by Crippen LogP contribution is -2.59. The summed E-state index contributed by atoms with van der Waals surface area (Å²) in [6.07, 6.45) is 0. The maximum atomic E-state index is 11.9. The fraction of sp³-hybridized carbons (Fsp3) is 0.500. The van der Waals surface area contributed by atoms with Gasteiger partial charge in [0.15, 0.2) is 0 Å². The first-order valence-corrected chi connectivity index (χ1v) is 6.80. The van der Waals surface area contributed by atoms with Gasteiger partial charge in [-0.25, -0.2) is 0 Å². The van der Waals surface area contributed by atoms with E-state index in [4.69, 9.17) is 21.1 Å². The van der Waals surface area contributed by atoms with Gasteiger partial charge in [-0.05, 0) is 25.5 Å². The number of amides is 1. The molecule has 1 saturated heterocycles. The summed E-state index contributed by atoms with van der Waals surface area (Å²) in [5, 5.41) is 6.50. The van der Waals surface area contributed by atoms with E-state index in [2.05, 4.69) is 10.6 Å². The molecule has 20 heavy (non-hydrogen) atoms. The molecular weight excluding hydrogens is 280 g/mol. The number of methoxy groups -OCH3 is 1. The van der Waals surface area contributed by atoms with Crippen LogP contribution in [0.1, 0.15) is 12.5 Å². The van der Waals surface area contributed by atoms with Crippen LogP contribution in [0.2, 0.25) is 5.02 Å². The lowest BCUT2D eigenvalue weighted by Gasteiger charge is -2.38. The largest absolute Gasteiger partial charge is 0.495 e. The van der Waals surface area contributed by atoms with Crippen LogP contribution in [0.25, 0.3) is 0 Å². The molecule has 0 atom stereocenters. The van der Waals surface area contributed by atoms with E-state index in [1.807, 2.05) is 13.8 Å². The highest BCUT2D eigenvalue weighted by atomic mass is 35.5. The number of carbonyl (C=O) groups is 1. The first kappa shape index (κ1) is 15.1. The van der Waals surface area contributed by atoms with Gasteiger partial charge in [0.05, 0.1) is 18.4 Å². The Bertz CT molecular complexity index is 515. The SMILES string of the molecule is COc1cc(Cl)c(C)cc1NC(=O)COC1(C)CNC1. The summed E-state index contributed by atoms with van der Waals surface area (Å²) in [6, 6.07) is 3.47. The van der Waals surface area contributed by atoms with Crippen molar-refractivity contribution >= 4 is 23.2 Å². The van der Waals surface area contributed by atoms with Crippen LogP contribution >= 0.6 is 11.6 Å². The van der Waals surface area contributed by atoms with Crippen LogP contribution in [0.3, 0.4) is 0 Å². The summed E-state index contributed by atoms with van der Waals surface area (Å²) in [4.78, 5) is 11.9. The maximum Gasteiger partial charge on any atom is 0.250 e. The molecule has 1 aromatic rings. The van der Waals surface area contributed by atoms with Crippen LogP contribution in [-0.4, -0.2) is 38.3 Å². The van der Waals surface area contributed by atoms with Gasteiger partial charge in [0.2, 0.25) is 0 Å². The van der Waals surface area contributed by atoms with Gasteiger partial charge >= 0.3 is 0 Å². The average molecular weight is 299 g/mol. The number of ether oxygens (including phenoxy) is 2. The Kier molecular flexibility index (Phi) is 4.52. The molecular formula is C14H19ClN2O3. The van der Waals surface area contributed by atoms with Gasteiger partial charge in [-0.15, -0.1) is 0 Å². The fourth-order valence-electron chi connectivity index (χ4n) is 1.94. The van der Waals surface area contributed by atoms with Gasteiger partial charge in [0, 0.05) is 24.2 Å². The summed E-state index contributed by atoms with van der Waals surface area (Å²) in [5.74, 6) is 0.323. The molecule has 0 radical (unpaired) electrons. The molecule has 1 aliphatic heterocycles. The number of benzene rings is 1. The number of halogens is 1. The fourth-order valence-corrected chi connectivity index (χ4v) is 2.09. The zero-order chi connectivity index (χ0) is 14.8. The van der Waals surface area contributed by atoms with Gasteiger partial charge in [0.1, 0.15) is 12.4 Å². The second-order valence-electron chi connectivity index (χ2n) is 5.19. The van der Waals surface area contributed by atoms with Crippen molar-refractivity contribution in [1.29, 1.82) is 0 Å². The minimum Gasteiger partial charge on any atom is -0.495 e. The molecule has 0 aromatic heterocycles. The Labute approximate surface area is 123 Å². The Morgan fingerprint density at radius 1 is 1.50 bits per heavy atom. The molecule has 5 nitrogen and oxygen atoms in total. The first-order chi connectivity index (χ1) is 9.43. The highest BCUT2D eigenvalue weighted by molar-refractivity contribution is 6.31. The van der Waals surface area contributed by atoms with Crippen LogP contribution in [0, 0.1) is 6.92 Å². The summed E-state index contributed by atoms with van der Waals surface area (Å²) >= 11 is 6.02. The van der Waals surface area contributed by atoms with Crippen molar-refractivity contribution < 1.29 is 14.3 Å². The zero-order valence-electron chi connectivity index (χ0n) is 11.9. The Balaban J connectivity index is 1.98. The summed E-state index contributed by atoms with van der Waals surface area (Å²) in [7, 11) is 1.54. The number of nitrogens with one attached hydrogen (secondary N) is 2. The molecule has 0 aliphatic carbocycles. The van der Waals surface area contributed by atoms with E-state index in [0.29, 0.717) is 16.5 Å². The number of rotatable bonds is 5. The van der Waals surface area contributed by atoms with Crippen molar-refractivity contribution in [3.63, 3.8) is 0 Å². The number of hydrogen-bond acceptors (Lipinski definition) is 4. The highest BCUT2D eigenvalue weighted by Gasteiger charge is 2.33. The van der Waals surface area contributed by atoms with E-state index in [9.17, 15) is 4.79 Å². The predicted molar refractivity (Wildman–Crippen MR) is 78.6 cm³/mol. The molecule has 1 amide bonds. The number of anilines is 1. The molecule has 2 rings (SSSR count). The third-order valence-corrected chi connectivity index (χ3v) is 3.71. The maximum absolute atomic E-state index is 11.9. The lowest BCUT2D eigenvalue weighted by molar-refractivity contribution is -0.130. The van der Waals surface area contributed by atoms with Gasteiger partial charge in [-0.3, -0.25) is 4.79 Å². The summed E-state index contributed by atoms with van der Waals surface area (Å²) < 4.78 is 10.8. The third kappa shape index (κ3) is 3.42. The Hall–Kier alpha value is -1.30. The lowest BCUT2D eigenvalue weighted by atomic mass is 10.0. The van der Waals surface area contributed by atoms with E-state index >= 15 is 0 Å². The van der Waals surface area contributed by atoms with E-state index in [0.717, 1.165) is 18.7 Å². The minimum absolute atomic E-state index is 0.0169. The average Bonchev–Trinajstić information content (AvgIpc) is 2.38. The highest BCUT2D eigenvalue weighted by Crippen LogP contribution is 2.30. The molecule has 0 saturated carbocycles.